The molecule has 0 radical (unpaired) electrons. The smallest absolute Gasteiger partial charge is 0.411 e. The van der Waals surface area contributed by atoms with Crippen molar-refractivity contribution in [3.05, 3.63) is 36.4 Å². The van der Waals surface area contributed by atoms with Gasteiger partial charge in [0.25, 0.3) is 11.8 Å². The number of carbonyl (C=O) groups is 4. The van der Waals surface area contributed by atoms with Crippen LogP contribution in [-0.4, -0.2) is 76.6 Å². The van der Waals surface area contributed by atoms with Crippen molar-refractivity contribution in [2.24, 2.45) is 0 Å². The lowest BCUT2D eigenvalue weighted by Gasteiger charge is -2.14. The van der Waals surface area contributed by atoms with Crippen LogP contribution in [0.5, 0.6) is 0 Å². The minimum absolute atomic E-state index is 0.0681. The minimum Gasteiger partial charge on any atom is -0.447 e. The molecule has 0 aliphatic carbocycles. The van der Waals surface area contributed by atoms with Crippen LogP contribution < -0.4 is 15.5 Å². The molecule has 32 heavy (non-hydrogen) atoms. The highest BCUT2D eigenvalue weighted by Crippen LogP contribution is 2.21. The summed E-state index contributed by atoms with van der Waals surface area (Å²) in [4.78, 5) is 46.8. The molecule has 0 aromatic heterocycles. The molecule has 1 aliphatic rings. The van der Waals surface area contributed by atoms with Gasteiger partial charge in [-0.15, -0.1) is 0 Å². The number of ether oxygens (including phenoxy) is 4. The first-order valence-corrected chi connectivity index (χ1v) is 10.0. The molecule has 0 fully saturated rings. The van der Waals surface area contributed by atoms with Crippen molar-refractivity contribution in [3.8, 4) is 0 Å². The van der Waals surface area contributed by atoms with Gasteiger partial charge in [-0.3, -0.25) is 19.7 Å². The number of anilines is 2. The number of hydrogen-bond donors (Lipinski definition) is 2. The molecular weight excluding hydrogens is 422 g/mol. The standard InChI is InChI=1S/C21H27N3O8/c1-16(25)22-8-9-29-10-11-30-12-13-31-14-15-32-21(28)23-17-2-4-18(5-3-17)24-19(26)6-7-20(24)27/h2-7H,8-15H2,1H3,(H,22,25)(H,23,28). The second-order valence-electron chi connectivity index (χ2n) is 6.47. The molecule has 0 spiro atoms. The maximum atomic E-state index is 11.8. The average Bonchev–Trinajstić information content (AvgIpc) is 3.10. The zero-order valence-electron chi connectivity index (χ0n) is 17.8. The van der Waals surface area contributed by atoms with Gasteiger partial charge in [-0.25, -0.2) is 9.69 Å². The van der Waals surface area contributed by atoms with Crippen LogP contribution in [0, 0.1) is 0 Å². The molecule has 2 rings (SSSR count). The number of carbonyl (C=O) groups excluding carboxylic acids is 4. The van der Waals surface area contributed by atoms with Crippen LogP contribution in [0.3, 0.4) is 0 Å². The van der Waals surface area contributed by atoms with Crippen LogP contribution >= 0.6 is 0 Å². The molecule has 1 heterocycles. The second kappa shape index (κ2) is 13.9. The first-order chi connectivity index (χ1) is 15.5. The van der Waals surface area contributed by atoms with Gasteiger partial charge < -0.3 is 24.3 Å². The molecule has 4 amide bonds. The summed E-state index contributed by atoms with van der Waals surface area (Å²) >= 11 is 0. The normalized spacial score (nSPS) is 12.8. The van der Waals surface area contributed by atoms with Gasteiger partial charge in [-0.2, -0.15) is 0 Å². The molecule has 1 aromatic rings. The van der Waals surface area contributed by atoms with Gasteiger partial charge in [0.15, 0.2) is 0 Å². The van der Waals surface area contributed by atoms with Crippen LogP contribution in [0.4, 0.5) is 16.2 Å². The van der Waals surface area contributed by atoms with E-state index >= 15 is 0 Å². The first-order valence-electron chi connectivity index (χ1n) is 10.0. The number of nitrogens with zero attached hydrogens (tertiary/aromatic N) is 1. The molecular formula is C21H27N3O8. The van der Waals surface area contributed by atoms with Gasteiger partial charge in [0.05, 0.1) is 45.3 Å². The lowest BCUT2D eigenvalue weighted by Crippen LogP contribution is -2.29. The second-order valence-corrected chi connectivity index (χ2v) is 6.47. The third-order valence-corrected chi connectivity index (χ3v) is 4.01. The van der Waals surface area contributed by atoms with E-state index in [9.17, 15) is 19.2 Å². The van der Waals surface area contributed by atoms with E-state index < -0.39 is 17.9 Å². The van der Waals surface area contributed by atoms with E-state index in [1.807, 2.05) is 0 Å². The number of hydrogen-bond acceptors (Lipinski definition) is 8. The predicted octanol–water partition coefficient (Wildman–Crippen LogP) is 0.850. The van der Waals surface area contributed by atoms with E-state index in [4.69, 9.17) is 18.9 Å². The third-order valence-electron chi connectivity index (χ3n) is 4.01. The molecule has 11 nitrogen and oxygen atoms in total. The molecule has 174 valence electrons. The van der Waals surface area contributed by atoms with Crippen molar-refractivity contribution in [1.29, 1.82) is 0 Å². The SMILES string of the molecule is CC(=O)NCCOCCOCCOCCOC(=O)Nc1ccc(N2C(=O)C=CC2=O)cc1. The highest BCUT2D eigenvalue weighted by molar-refractivity contribution is 6.28. The Morgan fingerprint density at radius 2 is 1.34 bits per heavy atom. The summed E-state index contributed by atoms with van der Waals surface area (Å²) in [7, 11) is 0. The summed E-state index contributed by atoms with van der Waals surface area (Å²) in [5, 5.41) is 5.17. The van der Waals surface area contributed by atoms with Gasteiger partial charge in [0, 0.05) is 31.3 Å². The van der Waals surface area contributed by atoms with Crippen LogP contribution in [0.25, 0.3) is 0 Å². The van der Waals surface area contributed by atoms with Gasteiger partial charge in [-0.1, -0.05) is 0 Å². The average molecular weight is 449 g/mol. The summed E-state index contributed by atoms with van der Waals surface area (Å²) in [6.07, 6.45) is 1.75. The van der Waals surface area contributed by atoms with Crippen molar-refractivity contribution in [2.45, 2.75) is 6.92 Å². The molecule has 11 heteroatoms. The van der Waals surface area contributed by atoms with Gasteiger partial charge in [-0.05, 0) is 24.3 Å². The number of amides is 4. The molecule has 0 bridgehead atoms. The highest BCUT2D eigenvalue weighted by atomic mass is 16.6. The van der Waals surface area contributed by atoms with E-state index in [0.717, 1.165) is 4.90 Å². The zero-order valence-corrected chi connectivity index (χ0v) is 17.8. The number of rotatable bonds is 14. The Bertz CT molecular complexity index is 792. The minimum atomic E-state index is -0.649. The van der Waals surface area contributed by atoms with Crippen LogP contribution in [-0.2, 0) is 33.3 Å². The maximum Gasteiger partial charge on any atom is 0.411 e. The van der Waals surface area contributed by atoms with Crippen LogP contribution in [0.2, 0.25) is 0 Å². The largest absolute Gasteiger partial charge is 0.447 e. The van der Waals surface area contributed by atoms with Crippen molar-refractivity contribution >= 4 is 35.2 Å². The van der Waals surface area contributed by atoms with Crippen LogP contribution in [0.15, 0.2) is 36.4 Å². The van der Waals surface area contributed by atoms with E-state index in [2.05, 4.69) is 10.6 Å². The lowest BCUT2D eigenvalue weighted by atomic mass is 10.2. The quantitative estimate of drug-likeness (QED) is 0.316. The fourth-order valence-electron chi connectivity index (χ4n) is 2.54. The van der Waals surface area contributed by atoms with E-state index in [1.54, 1.807) is 24.3 Å². The van der Waals surface area contributed by atoms with E-state index in [0.29, 0.717) is 51.0 Å². The molecule has 1 aliphatic heterocycles. The van der Waals surface area contributed by atoms with Crippen molar-refractivity contribution in [1.82, 2.24) is 5.32 Å². The summed E-state index contributed by atoms with van der Waals surface area (Å²) in [5.74, 6) is -0.912. The topological polar surface area (TPSA) is 132 Å². The maximum absolute atomic E-state index is 11.8. The third kappa shape index (κ3) is 9.25. The Kier molecular flexibility index (Phi) is 10.9. The Labute approximate surface area is 185 Å². The monoisotopic (exact) mass is 449 g/mol. The first kappa shape index (κ1) is 25.0. The zero-order chi connectivity index (χ0) is 23.2. The van der Waals surface area contributed by atoms with Gasteiger partial charge in [0.2, 0.25) is 5.91 Å². The molecule has 0 saturated heterocycles. The van der Waals surface area contributed by atoms with E-state index in [-0.39, 0.29) is 19.1 Å². The predicted molar refractivity (Wildman–Crippen MR) is 114 cm³/mol. The van der Waals surface area contributed by atoms with Crippen LogP contribution in [0.1, 0.15) is 6.92 Å². The van der Waals surface area contributed by atoms with Gasteiger partial charge in [0.1, 0.15) is 6.61 Å². The molecule has 2 N–H and O–H groups in total. The number of nitrogens with one attached hydrogen (secondary N) is 2. The Morgan fingerprint density at radius 1 is 0.812 bits per heavy atom. The lowest BCUT2D eigenvalue weighted by molar-refractivity contribution is -0.120. The molecule has 0 saturated carbocycles. The van der Waals surface area contributed by atoms with Crippen molar-refractivity contribution in [2.75, 3.05) is 63.0 Å². The van der Waals surface area contributed by atoms with Crippen molar-refractivity contribution < 1.29 is 38.1 Å². The summed E-state index contributed by atoms with van der Waals surface area (Å²) < 4.78 is 20.9. The molecule has 0 unspecified atom stereocenters. The Hall–Kier alpha value is -3.28. The highest BCUT2D eigenvalue weighted by Gasteiger charge is 2.24. The summed E-state index contributed by atoms with van der Waals surface area (Å²) in [6, 6.07) is 6.23. The number of imide groups is 1. The van der Waals surface area contributed by atoms with Gasteiger partial charge >= 0.3 is 6.09 Å². The fraction of sp³-hybridized carbons (Fsp3) is 0.429. The fourth-order valence-corrected chi connectivity index (χ4v) is 2.54. The summed E-state index contributed by atoms with van der Waals surface area (Å²) in [6.45, 7) is 4.19. The number of benzene rings is 1. The van der Waals surface area contributed by atoms with E-state index in [1.165, 1.54) is 19.1 Å². The molecule has 1 aromatic carbocycles. The Balaban J connectivity index is 1.47. The van der Waals surface area contributed by atoms with Crippen molar-refractivity contribution in [3.63, 3.8) is 0 Å². The molecule has 0 atom stereocenters. The summed E-state index contributed by atoms with van der Waals surface area (Å²) in [5.41, 5.74) is 0.871. The Morgan fingerprint density at radius 3 is 1.91 bits per heavy atom.